The summed E-state index contributed by atoms with van der Waals surface area (Å²) in [5, 5.41) is 0. The molecule has 0 aromatic heterocycles. The Balaban J connectivity index is 1.50. The van der Waals surface area contributed by atoms with Gasteiger partial charge in [0.15, 0.2) is 0 Å². The van der Waals surface area contributed by atoms with Crippen molar-refractivity contribution in [1.29, 1.82) is 0 Å². The zero-order valence-corrected chi connectivity index (χ0v) is 21.0. The van der Waals surface area contributed by atoms with E-state index in [0.717, 1.165) is 63.1 Å². The van der Waals surface area contributed by atoms with Crippen molar-refractivity contribution in [2.45, 2.75) is 57.5 Å². The van der Waals surface area contributed by atoms with Gasteiger partial charge >= 0.3 is 0 Å². The maximum atomic E-state index is 14.2. The average Bonchev–Trinajstić information content (AvgIpc) is 3.15. The van der Waals surface area contributed by atoms with Crippen molar-refractivity contribution in [2.75, 3.05) is 18.0 Å². The number of piperidine rings is 1. The fourth-order valence-electron chi connectivity index (χ4n) is 5.68. The Morgan fingerprint density at radius 2 is 1.69 bits per heavy atom. The van der Waals surface area contributed by atoms with Gasteiger partial charge in [0.1, 0.15) is 5.82 Å². The van der Waals surface area contributed by atoms with Gasteiger partial charge in [0.25, 0.3) is 0 Å². The standard InChI is InChI=1S/C31H34FN3O/c1-2-3-12-25-13-7-8-16-28(25)33-29-22-30(36)35(27-15-9-14-26(32)21-27)31(29)17-19-34(20-18-31)23-24-10-5-4-6-11-24/h4-11,13-16,21H,2-3,12,17-20,22-23H2,1H3. The lowest BCUT2D eigenvalue weighted by Gasteiger charge is -2.45. The van der Waals surface area contributed by atoms with E-state index in [9.17, 15) is 9.18 Å². The molecule has 4 nitrogen and oxygen atoms in total. The van der Waals surface area contributed by atoms with Crippen molar-refractivity contribution in [3.63, 3.8) is 0 Å². The SMILES string of the molecule is CCCCc1ccccc1N=C1CC(=O)N(c2cccc(F)c2)C12CCN(Cc1ccccc1)CC2. The molecule has 3 aromatic rings. The zero-order valence-electron chi connectivity index (χ0n) is 21.0. The lowest BCUT2D eigenvalue weighted by Crippen LogP contribution is -2.56. The first-order chi connectivity index (χ1) is 17.6. The number of aryl methyl sites for hydroxylation is 1. The predicted molar refractivity (Wildman–Crippen MR) is 144 cm³/mol. The van der Waals surface area contributed by atoms with Gasteiger partial charge in [-0.25, -0.2) is 4.39 Å². The molecule has 0 saturated carbocycles. The molecule has 5 rings (SSSR count). The molecule has 2 heterocycles. The molecular formula is C31H34FN3O. The lowest BCUT2D eigenvalue weighted by molar-refractivity contribution is -0.117. The number of unbranched alkanes of at least 4 members (excludes halogenated alkanes) is 1. The molecule has 36 heavy (non-hydrogen) atoms. The molecule has 1 spiro atoms. The van der Waals surface area contributed by atoms with Crippen LogP contribution in [0, 0.1) is 5.82 Å². The molecule has 0 aliphatic carbocycles. The Morgan fingerprint density at radius 1 is 0.944 bits per heavy atom. The number of anilines is 1. The quantitative estimate of drug-likeness (QED) is 0.374. The summed E-state index contributed by atoms with van der Waals surface area (Å²) in [7, 11) is 0. The van der Waals surface area contributed by atoms with Crippen LogP contribution in [0.1, 0.15) is 50.2 Å². The van der Waals surface area contributed by atoms with E-state index >= 15 is 0 Å². The number of amides is 1. The van der Waals surface area contributed by atoms with Crippen molar-refractivity contribution in [1.82, 2.24) is 4.90 Å². The minimum atomic E-state index is -0.532. The molecule has 3 aromatic carbocycles. The number of nitrogens with zero attached hydrogens (tertiary/aromatic N) is 3. The van der Waals surface area contributed by atoms with Gasteiger partial charge in [0.05, 0.1) is 23.4 Å². The maximum Gasteiger partial charge on any atom is 0.233 e. The maximum absolute atomic E-state index is 14.2. The monoisotopic (exact) mass is 483 g/mol. The van der Waals surface area contributed by atoms with Crippen molar-refractivity contribution >= 4 is 23.0 Å². The molecule has 2 aliphatic rings. The highest BCUT2D eigenvalue weighted by atomic mass is 19.1. The second-order valence-electron chi connectivity index (χ2n) is 9.97. The smallest absolute Gasteiger partial charge is 0.233 e. The summed E-state index contributed by atoms with van der Waals surface area (Å²) in [6.45, 7) is 4.78. The first-order valence-electron chi connectivity index (χ1n) is 13.1. The number of carbonyl (C=O) groups excluding carboxylic acids is 1. The first-order valence-corrected chi connectivity index (χ1v) is 13.1. The number of para-hydroxylation sites is 1. The van der Waals surface area contributed by atoms with E-state index in [4.69, 9.17) is 4.99 Å². The van der Waals surface area contributed by atoms with Crippen LogP contribution in [0.15, 0.2) is 83.9 Å². The number of likely N-dealkylation sites (tertiary alicyclic amines) is 1. The molecular weight excluding hydrogens is 449 g/mol. The Labute approximate surface area is 213 Å². The fraction of sp³-hybridized carbons (Fsp3) is 0.355. The van der Waals surface area contributed by atoms with Gasteiger partial charge in [-0.2, -0.15) is 0 Å². The zero-order chi connectivity index (χ0) is 25.0. The van der Waals surface area contributed by atoms with E-state index in [1.54, 1.807) is 6.07 Å². The van der Waals surface area contributed by atoms with Crippen molar-refractivity contribution in [3.05, 3.63) is 95.8 Å². The number of rotatable bonds is 7. The van der Waals surface area contributed by atoms with Gasteiger partial charge < -0.3 is 4.90 Å². The van der Waals surface area contributed by atoms with Crippen LogP contribution in [0.4, 0.5) is 15.8 Å². The molecule has 0 radical (unpaired) electrons. The molecule has 0 N–H and O–H groups in total. The molecule has 1 amide bonds. The van der Waals surface area contributed by atoms with E-state index in [1.807, 2.05) is 23.1 Å². The normalized spacial score (nSPS) is 18.9. The highest BCUT2D eigenvalue weighted by Gasteiger charge is 2.52. The minimum absolute atomic E-state index is 0.00176. The summed E-state index contributed by atoms with van der Waals surface area (Å²) in [5.41, 5.74) is 4.48. The number of halogens is 1. The van der Waals surface area contributed by atoms with Crippen LogP contribution in [0.2, 0.25) is 0 Å². The van der Waals surface area contributed by atoms with Gasteiger partial charge in [-0.15, -0.1) is 0 Å². The van der Waals surface area contributed by atoms with Gasteiger partial charge in [0, 0.05) is 25.3 Å². The van der Waals surface area contributed by atoms with Crippen LogP contribution in [0.5, 0.6) is 0 Å². The van der Waals surface area contributed by atoms with Crippen LogP contribution in [-0.2, 0) is 17.8 Å². The molecule has 186 valence electrons. The Hall–Kier alpha value is -3.31. The Morgan fingerprint density at radius 3 is 2.44 bits per heavy atom. The van der Waals surface area contributed by atoms with Crippen LogP contribution in [-0.4, -0.2) is 35.1 Å². The Kier molecular flexibility index (Phi) is 7.28. The number of carbonyl (C=O) groups is 1. The number of benzene rings is 3. The molecule has 2 saturated heterocycles. The largest absolute Gasteiger partial charge is 0.300 e. The van der Waals surface area contributed by atoms with Crippen LogP contribution < -0.4 is 4.90 Å². The van der Waals surface area contributed by atoms with Crippen LogP contribution in [0.3, 0.4) is 0 Å². The summed E-state index contributed by atoms with van der Waals surface area (Å²) in [5.74, 6) is -0.325. The third-order valence-corrected chi connectivity index (χ3v) is 7.58. The number of hydrogen-bond donors (Lipinski definition) is 0. The van der Waals surface area contributed by atoms with Crippen molar-refractivity contribution in [2.24, 2.45) is 4.99 Å². The minimum Gasteiger partial charge on any atom is -0.300 e. The van der Waals surface area contributed by atoms with E-state index in [1.165, 1.54) is 23.3 Å². The van der Waals surface area contributed by atoms with Gasteiger partial charge in [0.2, 0.25) is 5.91 Å². The second-order valence-corrected chi connectivity index (χ2v) is 9.97. The average molecular weight is 484 g/mol. The molecule has 5 heteroatoms. The molecule has 2 fully saturated rings. The Bertz CT molecular complexity index is 1230. The van der Waals surface area contributed by atoms with Gasteiger partial charge in [-0.1, -0.05) is 67.9 Å². The van der Waals surface area contributed by atoms with E-state index in [0.29, 0.717) is 5.69 Å². The number of hydrogen-bond acceptors (Lipinski definition) is 3. The molecule has 0 atom stereocenters. The number of aliphatic imine (C=N–C) groups is 1. The third-order valence-electron chi connectivity index (χ3n) is 7.58. The summed E-state index contributed by atoms with van der Waals surface area (Å²) >= 11 is 0. The highest BCUT2D eigenvalue weighted by molar-refractivity contribution is 6.22. The fourth-order valence-corrected chi connectivity index (χ4v) is 5.68. The van der Waals surface area contributed by atoms with E-state index in [-0.39, 0.29) is 18.1 Å². The van der Waals surface area contributed by atoms with E-state index in [2.05, 4.69) is 54.3 Å². The van der Waals surface area contributed by atoms with Gasteiger partial charge in [-0.3, -0.25) is 14.7 Å². The van der Waals surface area contributed by atoms with Crippen molar-refractivity contribution in [3.8, 4) is 0 Å². The van der Waals surface area contributed by atoms with Gasteiger partial charge in [-0.05, 0) is 61.1 Å². The predicted octanol–water partition coefficient (Wildman–Crippen LogP) is 6.71. The van der Waals surface area contributed by atoms with Crippen molar-refractivity contribution < 1.29 is 9.18 Å². The van der Waals surface area contributed by atoms with Crippen LogP contribution >= 0.6 is 0 Å². The topological polar surface area (TPSA) is 35.9 Å². The van der Waals surface area contributed by atoms with Crippen LogP contribution in [0.25, 0.3) is 0 Å². The molecule has 2 aliphatic heterocycles. The lowest BCUT2D eigenvalue weighted by atomic mass is 9.82. The third kappa shape index (κ3) is 4.98. The highest BCUT2D eigenvalue weighted by Crippen LogP contribution is 2.42. The second kappa shape index (κ2) is 10.8. The first kappa shape index (κ1) is 24.4. The molecule has 0 bridgehead atoms. The summed E-state index contributed by atoms with van der Waals surface area (Å²) in [4.78, 5) is 23.0. The van der Waals surface area contributed by atoms with E-state index < -0.39 is 5.54 Å². The summed E-state index contributed by atoms with van der Waals surface area (Å²) < 4.78 is 14.2. The summed E-state index contributed by atoms with van der Waals surface area (Å²) in [6, 6.07) is 25.2. The summed E-state index contributed by atoms with van der Waals surface area (Å²) in [6.07, 6.45) is 5.03. The molecule has 0 unspecified atom stereocenters.